The molecule has 3 N–H and O–H groups in total. The number of piperidine rings is 1. The number of hydrogen-bond acceptors (Lipinski definition) is 4. The summed E-state index contributed by atoms with van der Waals surface area (Å²) in [6.45, 7) is 5.02. The molecule has 1 saturated heterocycles. The Bertz CT molecular complexity index is 1150. The van der Waals surface area contributed by atoms with Crippen molar-refractivity contribution in [3.63, 3.8) is 0 Å². The van der Waals surface area contributed by atoms with Crippen LogP contribution < -0.4 is 25.4 Å². The third-order valence-corrected chi connectivity index (χ3v) is 8.04. The lowest BCUT2D eigenvalue weighted by atomic mass is 9.88. The maximum absolute atomic E-state index is 6.56. The molecule has 2 aliphatic rings. The molecular formula is C31H42N4O2S2. The number of anilines is 2. The van der Waals surface area contributed by atoms with Crippen LogP contribution in [0, 0.1) is 0 Å². The molecule has 210 valence electrons. The third kappa shape index (κ3) is 8.57. The van der Waals surface area contributed by atoms with E-state index in [0.717, 1.165) is 66.0 Å². The SMILES string of the molecule is CCCCCCCCCNC(=S)N1CCC2(C=Cc3cc(NC(=S)Nc4cccc(OC)c4)ccc3O2)CC1. The van der Waals surface area contributed by atoms with Crippen molar-refractivity contribution in [1.29, 1.82) is 0 Å². The summed E-state index contributed by atoms with van der Waals surface area (Å²) in [6.07, 6.45) is 15.4. The Balaban J connectivity index is 1.21. The van der Waals surface area contributed by atoms with Crippen LogP contribution in [0.1, 0.15) is 70.3 Å². The van der Waals surface area contributed by atoms with Crippen LogP contribution in [-0.4, -0.2) is 47.5 Å². The standard InChI is InChI=1S/C31H42N4O2S2/c1-3-4-5-6-7-8-9-19-32-30(39)35-20-17-31(18-21-35)16-15-24-22-26(13-14-28(24)37-31)34-29(38)33-25-11-10-12-27(23-25)36-2/h10-16,22-23H,3-9,17-21H2,1-2H3,(H,32,39)(H2,33,34,38). The van der Waals surface area contributed by atoms with Crippen molar-refractivity contribution in [3.05, 3.63) is 54.1 Å². The minimum absolute atomic E-state index is 0.268. The molecule has 2 heterocycles. The summed E-state index contributed by atoms with van der Waals surface area (Å²) in [5.74, 6) is 1.68. The number of nitrogens with zero attached hydrogens (tertiary/aromatic N) is 1. The molecule has 2 aliphatic heterocycles. The first-order valence-corrected chi connectivity index (χ1v) is 15.1. The van der Waals surface area contributed by atoms with E-state index in [2.05, 4.69) is 46.0 Å². The largest absolute Gasteiger partial charge is 0.497 e. The summed E-state index contributed by atoms with van der Waals surface area (Å²) >= 11 is 11.2. The highest BCUT2D eigenvalue weighted by Crippen LogP contribution is 2.38. The Labute approximate surface area is 244 Å². The molecule has 0 aromatic heterocycles. The van der Waals surface area contributed by atoms with Gasteiger partial charge in [0.15, 0.2) is 10.2 Å². The van der Waals surface area contributed by atoms with Gasteiger partial charge in [0.05, 0.1) is 7.11 Å². The van der Waals surface area contributed by atoms with Crippen LogP contribution in [0.2, 0.25) is 0 Å². The second-order valence-electron chi connectivity index (χ2n) is 10.4. The predicted octanol–water partition coefficient (Wildman–Crippen LogP) is 7.37. The normalized spacial score (nSPS) is 15.3. The van der Waals surface area contributed by atoms with Crippen LogP contribution in [0.25, 0.3) is 6.08 Å². The van der Waals surface area contributed by atoms with Gasteiger partial charge in [0.1, 0.15) is 17.1 Å². The molecule has 2 aromatic rings. The second-order valence-corrected chi connectivity index (χ2v) is 11.2. The fourth-order valence-corrected chi connectivity index (χ4v) is 5.60. The highest BCUT2D eigenvalue weighted by molar-refractivity contribution is 7.80. The molecule has 4 rings (SSSR count). The minimum Gasteiger partial charge on any atom is -0.497 e. The number of ether oxygens (including phenoxy) is 2. The Kier molecular flexibility index (Phi) is 10.9. The molecule has 39 heavy (non-hydrogen) atoms. The first-order chi connectivity index (χ1) is 19.0. The van der Waals surface area contributed by atoms with Crippen molar-refractivity contribution in [2.24, 2.45) is 0 Å². The van der Waals surface area contributed by atoms with E-state index in [1.165, 1.54) is 44.9 Å². The summed E-state index contributed by atoms with van der Waals surface area (Å²) in [5.41, 5.74) is 2.55. The fraction of sp³-hybridized carbons (Fsp3) is 0.484. The smallest absolute Gasteiger partial charge is 0.175 e. The number of methoxy groups -OCH3 is 1. The number of fused-ring (bicyclic) bond motifs is 1. The van der Waals surface area contributed by atoms with E-state index in [9.17, 15) is 0 Å². The van der Waals surface area contributed by atoms with Gasteiger partial charge < -0.3 is 30.3 Å². The molecule has 8 heteroatoms. The highest BCUT2D eigenvalue weighted by Gasteiger charge is 2.37. The van der Waals surface area contributed by atoms with Crippen molar-refractivity contribution in [2.45, 2.75) is 70.3 Å². The van der Waals surface area contributed by atoms with Gasteiger partial charge in [0.2, 0.25) is 0 Å². The number of rotatable bonds is 11. The van der Waals surface area contributed by atoms with Crippen molar-refractivity contribution in [2.75, 3.05) is 37.4 Å². The van der Waals surface area contributed by atoms with E-state index >= 15 is 0 Å². The number of likely N-dealkylation sites (tertiary alicyclic amines) is 1. The van der Waals surface area contributed by atoms with Crippen molar-refractivity contribution in [3.8, 4) is 11.5 Å². The van der Waals surface area contributed by atoms with Crippen LogP contribution in [0.3, 0.4) is 0 Å². The summed E-state index contributed by atoms with van der Waals surface area (Å²) in [4.78, 5) is 2.29. The zero-order valence-electron chi connectivity index (χ0n) is 23.3. The Morgan fingerprint density at radius 1 is 0.949 bits per heavy atom. The molecule has 0 radical (unpaired) electrons. The van der Waals surface area contributed by atoms with E-state index < -0.39 is 0 Å². The number of thiocarbonyl (C=S) groups is 2. The van der Waals surface area contributed by atoms with Crippen molar-refractivity contribution < 1.29 is 9.47 Å². The predicted molar refractivity (Wildman–Crippen MR) is 171 cm³/mol. The molecule has 6 nitrogen and oxygen atoms in total. The molecule has 0 unspecified atom stereocenters. The maximum atomic E-state index is 6.56. The van der Waals surface area contributed by atoms with E-state index in [0.29, 0.717) is 5.11 Å². The summed E-state index contributed by atoms with van der Waals surface area (Å²) in [5, 5.41) is 11.3. The van der Waals surface area contributed by atoms with Gasteiger partial charge in [-0.1, -0.05) is 57.6 Å². The Morgan fingerprint density at radius 2 is 1.67 bits per heavy atom. The van der Waals surface area contributed by atoms with Crippen molar-refractivity contribution >= 4 is 52.1 Å². The Morgan fingerprint density at radius 3 is 2.41 bits per heavy atom. The Hall–Kier alpha value is -2.84. The van der Waals surface area contributed by atoms with Gasteiger partial charge in [-0.05, 0) is 67.3 Å². The first-order valence-electron chi connectivity index (χ1n) is 14.3. The molecule has 0 saturated carbocycles. The number of hydrogen-bond donors (Lipinski definition) is 3. The zero-order chi connectivity index (χ0) is 27.5. The van der Waals surface area contributed by atoms with E-state index in [4.69, 9.17) is 33.9 Å². The van der Waals surface area contributed by atoms with Crippen LogP contribution in [0.4, 0.5) is 11.4 Å². The van der Waals surface area contributed by atoms with Gasteiger partial charge in [-0.15, -0.1) is 0 Å². The first kappa shape index (κ1) is 29.2. The molecular weight excluding hydrogens is 525 g/mol. The van der Waals surface area contributed by atoms with E-state index in [1.54, 1.807) is 7.11 Å². The second kappa shape index (κ2) is 14.5. The lowest BCUT2D eigenvalue weighted by Crippen LogP contribution is -2.51. The average molecular weight is 567 g/mol. The van der Waals surface area contributed by atoms with Crippen molar-refractivity contribution in [1.82, 2.24) is 10.2 Å². The molecule has 1 fully saturated rings. The molecule has 1 spiro atoms. The zero-order valence-corrected chi connectivity index (χ0v) is 24.9. The van der Waals surface area contributed by atoms with Gasteiger partial charge in [-0.25, -0.2) is 0 Å². The van der Waals surface area contributed by atoms with Crippen LogP contribution in [0.5, 0.6) is 11.5 Å². The molecule has 2 aromatic carbocycles. The summed E-state index contributed by atoms with van der Waals surface area (Å²) in [7, 11) is 1.65. The molecule has 0 aliphatic carbocycles. The number of unbranched alkanes of at least 4 members (excludes halogenated alkanes) is 6. The van der Waals surface area contributed by atoms with Gasteiger partial charge in [0.25, 0.3) is 0 Å². The topological polar surface area (TPSA) is 57.8 Å². The maximum Gasteiger partial charge on any atom is 0.175 e. The minimum atomic E-state index is -0.268. The van der Waals surface area contributed by atoms with Gasteiger partial charge >= 0.3 is 0 Å². The van der Waals surface area contributed by atoms with Gasteiger partial charge in [0, 0.05) is 55.5 Å². The van der Waals surface area contributed by atoms with Crippen LogP contribution in [-0.2, 0) is 0 Å². The lowest BCUT2D eigenvalue weighted by molar-refractivity contribution is 0.0586. The molecule has 0 bridgehead atoms. The van der Waals surface area contributed by atoms with E-state index in [1.807, 2.05) is 36.4 Å². The lowest BCUT2D eigenvalue weighted by Gasteiger charge is -2.42. The summed E-state index contributed by atoms with van der Waals surface area (Å²) < 4.78 is 11.8. The van der Waals surface area contributed by atoms with Crippen LogP contribution >= 0.6 is 24.4 Å². The number of nitrogens with one attached hydrogen (secondary N) is 3. The van der Waals surface area contributed by atoms with Gasteiger partial charge in [-0.3, -0.25) is 0 Å². The monoisotopic (exact) mass is 566 g/mol. The fourth-order valence-electron chi connectivity index (χ4n) is 5.08. The van der Waals surface area contributed by atoms with Crippen LogP contribution in [0.15, 0.2) is 48.5 Å². The summed E-state index contributed by atoms with van der Waals surface area (Å²) in [6, 6.07) is 13.8. The van der Waals surface area contributed by atoms with Gasteiger partial charge in [-0.2, -0.15) is 0 Å². The van der Waals surface area contributed by atoms with E-state index in [-0.39, 0.29) is 5.60 Å². The quantitative estimate of drug-likeness (QED) is 0.193. The average Bonchev–Trinajstić information content (AvgIpc) is 2.95. The molecule has 0 amide bonds. The number of benzene rings is 2. The molecule has 0 atom stereocenters. The third-order valence-electron chi connectivity index (χ3n) is 7.43. The highest BCUT2D eigenvalue weighted by atomic mass is 32.1.